The van der Waals surface area contributed by atoms with Gasteiger partial charge in [-0.05, 0) is 38.7 Å². The summed E-state index contributed by atoms with van der Waals surface area (Å²) in [4.78, 5) is 29.6. The first-order valence-corrected chi connectivity index (χ1v) is 12.3. The molecule has 32 heavy (non-hydrogen) atoms. The Balaban J connectivity index is 1.39. The fraction of sp³-hybridized carbons (Fsp3) is 0.417. The van der Waals surface area contributed by atoms with Crippen LogP contribution in [-0.2, 0) is 11.2 Å². The van der Waals surface area contributed by atoms with Crippen molar-refractivity contribution in [2.24, 2.45) is 4.99 Å². The molecule has 2 aliphatic rings. The van der Waals surface area contributed by atoms with E-state index in [4.69, 9.17) is 16.6 Å². The molecule has 0 aliphatic carbocycles. The van der Waals surface area contributed by atoms with E-state index in [1.165, 1.54) is 0 Å². The number of aliphatic imine (C=N–C) groups is 1. The van der Waals surface area contributed by atoms with E-state index in [1.807, 2.05) is 48.8 Å². The van der Waals surface area contributed by atoms with Gasteiger partial charge in [0.2, 0.25) is 11.7 Å². The molecule has 0 N–H and O–H groups in total. The van der Waals surface area contributed by atoms with Gasteiger partial charge in [-0.25, -0.2) is 9.97 Å². The molecule has 1 aromatic carbocycles. The average Bonchev–Trinajstić information content (AvgIpc) is 3.37. The zero-order chi connectivity index (χ0) is 22.2. The monoisotopic (exact) mass is 467 g/mol. The van der Waals surface area contributed by atoms with Crippen LogP contribution in [0.15, 0.2) is 47.7 Å². The Kier molecular flexibility index (Phi) is 5.95. The first-order valence-electron chi connectivity index (χ1n) is 11.1. The number of likely N-dealkylation sites (tertiary alicyclic amines) is 1. The summed E-state index contributed by atoms with van der Waals surface area (Å²) in [6.07, 6.45) is 7.79. The fourth-order valence-electron chi connectivity index (χ4n) is 4.68. The number of piperidine rings is 1. The molecule has 0 bridgehead atoms. The molecule has 3 aromatic rings. The normalized spacial score (nSPS) is 23.5. The Morgan fingerprint density at radius 3 is 2.78 bits per heavy atom. The predicted molar refractivity (Wildman–Crippen MR) is 129 cm³/mol. The second kappa shape index (κ2) is 8.87. The molecule has 3 atom stereocenters. The molecular formula is C24H26ClN5OS. The van der Waals surface area contributed by atoms with Crippen LogP contribution in [0.25, 0.3) is 5.78 Å². The van der Waals surface area contributed by atoms with E-state index in [0.29, 0.717) is 17.4 Å². The van der Waals surface area contributed by atoms with Gasteiger partial charge in [0.25, 0.3) is 0 Å². The van der Waals surface area contributed by atoms with Crippen LogP contribution in [0, 0.1) is 6.92 Å². The number of amides is 1. The lowest BCUT2D eigenvalue weighted by molar-refractivity contribution is -0.136. The molecule has 8 heteroatoms. The van der Waals surface area contributed by atoms with Crippen LogP contribution in [0.5, 0.6) is 0 Å². The fourth-order valence-corrected chi connectivity index (χ4v) is 5.95. The molecule has 0 spiro atoms. The summed E-state index contributed by atoms with van der Waals surface area (Å²) < 4.78 is 1.91. The smallest absolute Gasteiger partial charge is 0.249 e. The van der Waals surface area contributed by atoms with Crippen LogP contribution in [0.1, 0.15) is 48.3 Å². The third-order valence-electron chi connectivity index (χ3n) is 6.26. The molecule has 1 amide bonds. The Morgan fingerprint density at radius 2 is 1.97 bits per heavy atom. The maximum Gasteiger partial charge on any atom is 0.249 e. The Bertz CT molecular complexity index is 1140. The Morgan fingerprint density at radius 1 is 1.16 bits per heavy atom. The van der Waals surface area contributed by atoms with Gasteiger partial charge in [-0.15, -0.1) is 11.8 Å². The first-order chi connectivity index (χ1) is 15.5. The quantitative estimate of drug-likeness (QED) is 0.512. The topological polar surface area (TPSA) is 62.9 Å². The molecule has 1 fully saturated rings. The number of aromatic nitrogens is 3. The zero-order valence-electron chi connectivity index (χ0n) is 18.2. The standard InChI is InChI=1S/C24H26ClN5OS/c1-15-13-29-14-18(27-24(29)28-22(15)25)12-19-10-6-7-11-30(19)23(31)20-21(32-16(2)26-20)17-8-4-3-5-9-17/h3-5,8-9,13-14,19-21H,6-7,10-12H2,1-2H3/t19-,20?,21?/m0/s1. The molecule has 0 radical (unpaired) electrons. The first kappa shape index (κ1) is 21.5. The second-order valence-electron chi connectivity index (χ2n) is 8.58. The van der Waals surface area contributed by atoms with Crippen molar-refractivity contribution in [1.82, 2.24) is 19.3 Å². The summed E-state index contributed by atoms with van der Waals surface area (Å²) in [5.41, 5.74) is 3.00. The zero-order valence-corrected chi connectivity index (χ0v) is 19.8. The Labute approximate surface area is 197 Å². The highest BCUT2D eigenvalue weighted by Gasteiger charge is 2.40. The van der Waals surface area contributed by atoms with Crippen LogP contribution in [0.2, 0.25) is 5.15 Å². The van der Waals surface area contributed by atoms with Gasteiger partial charge in [-0.3, -0.25) is 14.2 Å². The third-order valence-corrected chi connectivity index (χ3v) is 7.87. The van der Waals surface area contributed by atoms with Gasteiger partial charge in [0, 0.05) is 37.0 Å². The maximum atomic E-state index is 13.7. The van der Waals surface area contributed by atoms with Gasteiger partial charge in [-0.1, -0.05) is 41.9 Å². The predicted octanol–water partition coefficient (Wildman–Crippen LogP) is 4.89. The van der Waals surface area contributed by atoms with Crippen molar-refractivity contribution in [2.45, 2.75) is 56.9 Å². The molecule has 6 nitrogen and oxygen atoms in total. The molecule has 5 rings (SSSR count). The maximum absolute atomic E-state index is 13.7. The summed E-state index contributed by atoms with van der Waals surface area (Å²) in [6.45, 7) is 4.71. The van der Waals surface area contributed by atoms with Crippen molar-refractivity contribution in [3.05, 3.63) is 64.7 Å². The Hall–Kier alpha value is -2.38. The minimum absolute atomic E-state index is 0.0378. The highest BCUT2D eigenvalue weighted by molar-refractivity contribution is 8.14. The average molecular weight is 468 g/mol. The van der Waals surface area contributed by atoms with Gasteiger partial charge in [0.1, 0.15) is 11.2 Å². The van der Waals surface area contributed by atoms with Crippen molar-refractivity contribution >= 4 is 40.1 Å². The number of thioether (sulfide) groups is 1. The number of halogens is 1. The number of fused-ring (bicyclic) bond motifs is 1. The van der Waals surface area contributed by atoms with E-state index >= 15 is 0 Å². The minimum Gasteiger partial charge on any atom is -0.337 e. The highest BCUT2D eigenvalue weighted by atomic mass is 35.5. The van der Waals surface area contributed by atoms with Crippen molar-refractivity contribution in [2.75, 3.05) is 6.54 Å². The van der Waals surface area contributed by atoms with Crippen molar-refractivity contribution in [3.8, 4) is 0 Å². The lowest BCUT2D eigenvalue weighted by atomic mass is 9.96. The number of hydrogen-bond acceptors (Lipinski definition) is 5. The van der Waals surface area contributed by atoms with Crippen LogP contribution < -0.4 is 0 Å². The number of rotatable bonds is 4. The SMILES string of the molecule is CC1=NC(C(=O)N2CCCC[C@H]2Cc2cn3cc(C)c(Cl)nc3n2)C(c2ccccc2)S1. The summed E-state index contributed by atoms with van der Waals surface area (Å²) in [7, 11) is 0. The van der Waals surface area contributed by atoms with Crippen molar-refractivity contribution in [3.63, 3.8) is 0 Å². The van der Waals surface area contributed by atoms with E-state index in [0.717, 1.165) is 47.7 Å². The third kappa shape index (κ3) is 4.16. The number of aryl methyl sites for hydroxylation is 1. The molecule has 2 aliphatic heterocycles. The number of benzene rings is 1. The molecule has 1 saturated heterocycles. The van der Waals surface area contributed by atoms with Gasteiger partial charge < -0.3 is 4.90 Å². The molecule has 4 heterocycles. The van der Waals surface area contributed by atoms with Crippen LogP contribution >= 0.6 is 23.4 Å². The second-order valence-corrected chi connectivity index (χ2v) is 10.3. The molecule has 2 unspecified atom stereocenters. The van der Waals surface area contributed by atoms with E-state index < -0.39 is 0 Å². The highest BCUT2D eigenvalue weighted by Crippen LogP contribution is 2.41. The molecule has 166 valence electrons. The largest absolute Gasteiger partial charge is 0.337 e. The van der Waals surface area contributed by atoms with Crippen LogP contribution in [0.3, 0.4) is 0 Å². The van der Waals surface area contributed by atoms with Gasteiger partial charge in [0.05, 0.1) is 16.0 Å². The number of carbonyl (C=O) groups excluding carboxylic acids is 1. The van der Waals surface area contributed by atoms with E-state index in [-0.39, 0.29) is 23.2 Å². The van der Waals surface area contributed by atoms with Gasteiger partial charge in [0.15, 0.2) is 0 Å². The van der Waals surface area contributed by atoms with Crippen molar-refractivity contribution in [1.29, 1.82) is 0 Å². The van der Waals surface area contributed by atoms with Gasteiger partial charge >= 0.3 is 0 Å². The summed E-state index contributed by atoms with van der Waals surface area (Å²) in [5.74, 6) is 0.731. The van der Waals surface area contributed by atoms with E-state index in [9.17, 15) is 4.79 Å². The van der Waals surface area contributed by atoms with E-state index in [2.05, 4.69) is 27.0 Å². The number of hydrogen-bond donors (Lipinski definition) is 0. The summed E-state index contributed by atoms with van der Waals surface area (Å²) in [6, 6.07) is 10.0. The minimum atomic E-state index is -0.368. The molecular weight excluding hydrogens is 442 g/mol. The lowest BCUT2D eigenvalue weighted by Crippen LogP contribution is -2.49. The number of imidazole rings is 1. The van der Waals surface area contributed by atoms with Crippen LogP contribution in [0.4, 0.5) is 0 Å². The molecule has 2 aromatic heterocycles. The lowest BCUT2D eigenvalue weighted by Gasteiger charge is -2.37. The van der Waals surface area contributed by atoms with E-state index in [1.54, 1.807) is 11.8 Å². The summed E-state index contributed by atoms with van der Waals surface area (Å²) >= 11 is 7.87. The molecule has 0 saturated carbocycles. The number of nitrogens with zero attached hydrogens (tertiary/aromatic N) is 5. The van der Waals surface area contributed by atoms with Gasteiger partial charge in [-0.2, -0.15) is 0 Å². The number of carbonyl (C=O) groups is 1. The van der Waals surface area contributed by atoms with Crippen LogP contribution in [-0.4, -0.2) is 48.8 Å². The summed E-state index contributed by atoms with van der Waals surface area (Å²) in [5, 5.41) is 1.49. The van der Waals surface area contributed by atoms with Crippen molar-refractivity contribution < 1.29 is 4.79 Å².